The Hall–Kier alpha value is -1.06. The van der Waals surface area contributed by atoms with E-state index in [0.717, 1.165) is 0 Å². The standard InChI is InChI=1S/C30H33Si.3ClH.Ti/c1-21-18-29(19-22(2)24(21)4)31(27-14-10-8-11-15-27,28-16-12-9-13-17-28)30(7)20-23(3)25(5)26(30)6;;;;/h8-19H,1-7H3;3*1H;/q-1;;;;+4/p-3. The molecule has 182 valence electrons. The maximum atomic E-state index is 4.02. The van der Waals surface area contributed by atoms with Crippen molar-refractivity contribution in [1.29, 1.82) is 0 Å². The van der Waals surface area contributed by atoms with Gasteiger partial charge in [-0.05, 0) is 53.0 Å². The monoisotopic (exact) mass is 574 g/mol. The molecule has 1 aliphatic rings. The molecule has 3 aromatic rings. The van der Waals surface area contributed by atoms with E-state index >= 15 is 0 Å². The van der Waals surface area contributed by atoms with Crippen molar-refractivity contribution in [3.8, 4) is 0 Å². The summed E-state index contributed by atoms with van der Waals surface area (Å²) in [5.74, 6) is 0. The van der Waals surface area contributed by atoms with Gasteiger partial charge in [0.1, 0.15) is 8.07 Å². The van der Waals surface area contributed by atoms with E-state index in [4.69, 9.17) is 0 Å². The average Bonchev–Trinajstić information content (AvgIpc) is 2.97. The topological polar surface area (TPSA) is 0 Å². The molecular formula is C30H33Cl3SiTi. The Bertz CT molecular complexity index is 1140. The minimum absolute atomic E-state index is 0. The third-order valence-electron chi connectivity index (χ3n) is 7.84. The molecule has 0 spiro atoms. The van der Waals surface area contributed by atoms with Gasteiger partial charge in [-0.25, -0.2) is 5.57 Å². The van der Waals surface area contributed by atoms with E-state index in [2.05, 4.69) is 127 Å². The van der Waals surface area contributed by atoms with Crippen molar-refractivity contribution in [3.05, 3.63) is 112 Å². The molecule has 4 rings (SSSR count). The van der Waals surface area contributed by atoms with E-state index in [-0.39, 0.29) is 64.0 Å². The van der Waals surface area contributed by atoms with Crippen molar-refractivity contribution >= 4 is 23.6 Å². The molecule has 0 aromatic heterocycles. The number of benzene rings is 3. The van der Waals surface area contributed by atoms with Gasteiger partial charge in [-0.15, -0.1) is 6.92 Å². The summed E-state index contributed by atoms with van der Waals surface area (Å²) >= 11 is 0. The zero-order chi connectivity index (χ0) is 22.4. The molecular weight excluding hydrogens is 543 g/mol. The second kappa shape index (κ2) is 13.0. The molecule has 0 bridgehead atoms. The van der Waals surface area contributed by atoms with Crippen LogP contribution < -0.4 is 52.8 Å². The SMILES string of the molecule is CC1=[C-]C(C)([Si](c2ccccc2)(c2ccccc2)c2cc(C)c(C)c(C)c2)C(C)=C1C.[Cl-].[Cl-].[Cl-].[Ti+4]. The molecule has 1 atom stereocenters. The van der Waals surface area contributed by atoms with Crippen molar-refractivity contribution in [2.45, 2.75) is 53.5 Å². The third-order valence-corrected chi connectivity index (χ3v) is 13.4. The summed E-state index contributed by atoms with van der Waals surface area (Å²) < 4.78 is 0. The van der Waals surface area contributed by atoms with Crippen molar-refractivity contribution in [1.82, 2.24) is 0 Å². The fourth-order valence-corrected chi connectivity index (χ4v) is 11.7. The minimum atomic E-state index is -2.54. The van der Waals surface area contributed by atoms with E-state index in [9.17, 15) is 0 Å². The van der Waals surface area contributed by atoms with Crippen molar-refractivity contribution < 1.29 is 58.9 Å². The van der Waals surface area contributed by atoms with E-state index < -0.39 is 8.07 Å². The van der Waals surface area contributed by atoms with Gasteiger partial charge in [-0.2, -0.15) is 11.1 Å². The van der Waals surface area contributed by atoms with Gasteiger partial charge in [0, 0.05) is 0 Å². The molecule has 35 heavy (non-hydrogen) atoms. The summed E-state index contributed by atoms with van der Waals surface area (Å²) in [4.78, 5) is 0. The predicted octanol–water partition coefficient (Wildman–Crippen LogP) is -3.05. The summed E-state index contributed by atoms with van der Waals surface area (Å²) in [6.07, 6.45) is 4.02. The molecule has 0 radical (unpaired) electrons. The largest absolute Gasteiger partial charge is 4.00 e. The molecule has 0 heterocycles. The van der Waals surface area contributed by atoms with Crippen LogP contribution in [0.2, 0.25) is 5.04 Å². The van der Waals surface area contributed by atoms with Crippen molar-refractivity contribution in [3.63, 3.8) is 0 Å². The summed E-state index contributed by atoms with van der Waals surface area (Å²) in [5.41, 5.74) is 8.29. The zero-order valence-electron chi connectivity index (χ0n) is 21.6. The van der Waals surface area contributed by atoms with E-state index in [1.165, 1.54) is 49.0 Å². The number of aryl methyl sites for hydroxylation is 2. The van der Waals surface area contributed by atoms with Crippen LogP contribution in [-0.4, -0.2) is 8.07 Å². The summed E-state index contributed by atoms with van der Waals surface area (Å²) in [5, 5.41) is 4.20. The second-order valence-corrected chi connectivity index (χ2v) is 13.6. The zero-order valence-corrected chi connectivity index (χ0v) is 26.4. The molecule has 5 heteroatoms. The van der Waals surface area contributed by atoms with Gasteiger partial charge >= 0.3 is 21.7 Å². The molecule has 0 amide bonds. The first-order chi connectivity index (χ1) is 14.7. The van der Waals surface area contributed by atoms with E-state index in [0.29, 0.717) is 0 Å². The van der Waals surface area contributed by atoms with Gasteiger partial charge in [0.05, 0.1) is 0 Å². The molecule has 0 saturated carbocycles. The number of rotatable bonds is 4. The van der Waals surface area contributed by atoms with Gasteiger partial charge in [-0.1, -0.05) is 98.6 Å². The maximum absolute atomic E-state index is 4.02. The van der Waals surface area contributed by atoms with Crippen LogP contribution in [0.25, 0.3) is 0 Å². The molecule has 1 aliphatic carbocycles. The number of allylic oxidation sites excluding steroid dienone is 4. The Morgan fingerprint density at radius 2 is 1.03 bits per heavy atom. The molecule has 0 aliphatic heterocycles. The van der Waals surface area contributed by atoms with Gasteiger partial charge in [-0.3, -0.25) is 6.08 Å². The number of halogens is 3. The normalized spacial score (nSPS) is 16.8. The first-order valence-electron chi connectivity index (χ1n) is 11.2. The van der Waals surface area contributed by atoms with Crippen LogP contribution in [0.1, 0.15) is 44.4 Å². The van der Waals surface area contributed by atoms with Crippen LogP contribution in [0.3, 0.4) is 0 Å². The summed E-state index contributed by atoms with van der Waals surface area (Å²) in [6, 6.07) is 27.4. The van der Waals surface area contributed by atoms with Crippen LogP contribution in [0.5, 0.6) is 0 Å². The maximum Gasteiger partial charge on any atom is 4.00 e. The van der Waals surface area contributed by atoms with Crippen molar-refractivity contribution in [2.24, 2.45) is 0 Å². The van der Waals surface area contributed by atoms with Gasteiger partial charge in [0.15, 0.2) is 0 Å². The first kappa shape index (κ1) is 33.9. The van der Waals surface area contributed by atoms with E-state index in [1.807, 2.05) is 0 Å². The molecule has 0 nitrogen and oxygen atoms in total. The van der Waals surface area contributed by atoms with Crippen LogP contribution >= 0.6 is 0 Å². The summed E-state index contributed by atoms with van der Waals surface area (Å²) in [6.45, 7) is 16.0. The predicted molar refractivity (Wildman–Crippen MR) is 137 cm³/mol. The quantitative estimate of drug-likeness (QED) is 0.176. The Kier molecular flexibility index (Phi) is 12.6. The van der Waals surface area contributed by atoms with Gasteiger partial charge in [0.2, 0.25) is 0 Å². The first-order valence-corrected chi connectivity index (χ1v) is 13.2. The molecule has 1 unspecified atom stereocenters. The fourth-order valence-electron chi connectivity index (χ4n) is 5.59. The average molecular weight is 576 g/mol. The molecule has 0 N–H and O–H groups in total. The Morgan fingerprint density at radius 3 is 1.37 bits per heavy atom. The van der Waals surface area contributed by atoms with Crippen LogP contribution in [0, 0.1) is 26.8 Å². The summed E-state index contributed by atoms with van der Waals surface area (Å²) in [7, 11) is -2.54. The molecule has 3 aromatic carbocycles. The van der Waals surface area contributed by atoms with Crippen LogP contribution in [0.4, 0.5) is 0 Å². The fraction of sp³-hybridized carbons (Fsp3) is 0.267. The van der Waals surface area contributed by atoms with Gasteiger partial charge in [0.25, 0.3) is 0 Å². The van der Waals surface area contributed by atoms with E-state index in [1.54, 1.807) is 0 Å². The molecule has 0 fully saturated rings. The molecule has 0 saturated heterocycles. The Morgan fingerprint density at radius 1 is 0.629 bits per heavy atom. The van der Waals surface area contributed by atoms with Crippen LogP contribution in [0.15, 0.2) is 89.5 Å². The van der Waals surface area contributed by atoms with Gasteiger partial charge < -0.3 is 37.2 Å². The van der Waals surface area contributed by atoms with Crippen molar-refractivity contribution in [2.75, 3.05) is 0 Å². The number of hydrogen-bond acceptors (Lipinski definition) is 0. The Labute approximate surface area is 246 Å². The Balaban J connectivity index is 0.00000289. The third kappa shape index (κ3) is 5.33. The second-order valence-electron chi connectivity index (χ2n) is 9.34. The number of hydrogen-bond donors (Lipinski definition) is 0. The van der Waals surface area contributed by atoms with Crippen LogP contribution in [-0.2, 0) is 21.7 Å². The smallest absolute Gasteiger partial charge is 1.00 e. The minimum Gasteiger partial charge on any atom is -1.00 e.